The Kier molecular flexibility index (Phi) is 9.61. The van der Waals surface area contributed by atoms with Crippen molar-refractivity contribution in [3.63, 3.8) is 0 Å². The van der Waals surface area contributed by atoms with Crippen molar-refractivity contribution in [2.24, 2.45) is 0 Å². The van der Waals surface area contributed by atoms with Gasteiger partial charge < -0.3 is 25.2 Å². The first kappa shape index (κ1) is 26.4. The van der Waals surface area contributed by atoms with Crippen LogP contribution in [0.15, 0.2) is 60.7 Å². The molecule has 2 amide bonds. The lowest BCUT2D eigenvalue weighted by Gasteiger charge is -2.23. The van der Waals surface area contributed by atoms with Gasteiger partial charge in [-0.15, -0.1) is 0 Å². The van der Waals surface area contributed by atoms with Crippen molar-refractivity contribution < 1.29 is 33.8 Å². The first-order valence-corrected chi connectivity index (χ1v) is 10.8. The van der Waals surface area contributed by atoms with E-state index in [1.54, 1.807) is 75.4 Å². The predicted molar refractivity (Wildman–Crippen MR) is 124 cm³/mol. The van der Waals surface area contributed by atoms with E-state index < -0.39 is 48.0 Å². The minimum atomic E-state index is -1.53. The van der Waals surface area contributed by atoms with Crippen LogP contribution in [-0.2, 0) is 36.9 Å². The molecule has 0 aliphatic carbocycles. The van der Waals surface area contributed by atoms with E-state index in [9.17, 15) is 24.3 Å². The number of alkyl carbamates (subject to hydrolysis) is 1. The van der Waals surface area contributed by atoms with Crippen LogP contribution < -0.4 is 10.6 Å². The number of carbonyl (C=O) groups excluding carboxylic acids is 3. The quantitative estimate of drug-likeness (QED) is 0.455. The second-order valence-corrected chi connectivity index (χ2v) is 8.64. The maximum absolute atomic E-state index is 12.9. The molecular formula is C25H30N2O7. The fourth-order valence-electron chi connectivity index (χ4n) is 2.99. The molecule has 0 heterocycles. The van der Waals surface area contributed by atoms with Crippen molar-refractivity contribution in [3.05, 3.63) is 71.8 Å². The molecule has 0 fully saturated rings. The fourth-order valence-corrected chi connectivity index (χ4v) is 2.99. The summed E-state index contributed by atoms with van der Waals surface area (Å²) in [7, 11) is 0. The number of amides is 2. The lowest BCUT2D eigenvalue weighted by molar-refractivity contribution is -0.158. The second-order valence-electron chi connectivity index (χ2n) is 8.64. The topological polar surface area (TPSA) is 131 Å². The molecule has 0 radical (unpaired) electrons. The number of rotatable bonds is 10. The Labute approximate surface area is 198 Å². The molecule has 34 heavy (non-hydrogen) atoms. The second kappa shape index (κ2) is 12.4. The highest BCUT2D eigenvalue weighted by Gasteiger charge is 2.30. The summed E-state index contributed by atoms with van der Waals surface area (Å²) in [5, 5.41) is 14.3. The van der Waals surface area contributed by atoms with Gasteiger partial charge in [-0.2, -0.15) is 0 Å². The first-order chi connectivity index (χ1) is 16.0. The number of carboxylic acids is 1. The van der Waals surface area contributed by atoms with E-state index in [2.05, 4.69) is 10.6 Å². The molecule has 0 spiro atoms. The molecule has 182 valence electrons. The molecule has 3 N–H and O–H groups in total. The van der Waals surface area contributed by atoms with Gasteiger partial charge in [0.25, 0.3) is 0 Å². The summed E-state index contributed by atoms with van der Waals surface area (Å²) in [5.41, 5.74) is 0.708. The Morgan fingerprint density at radius 3 is 1.94 bits per heavy atom. The molecule has 2 aromatic carbocycles. The number of esters is 1. The lowest BCUT2D eigenvalue weighted by atomic mass is 10.0. The fraction of sp³-hybridized carbons (Fsp3) is 0.360. The predicted octanol–water partition coefficient (Wildman–Crippen LogP) is 2.83. The molecule has 2 rings (SSSR count). The third kappa shape index (κ3) is 9.72. The van der Waals surface area contributed by atoms with Crippen LogP contribution in [0.1, 0.15) is 38.3 Å². The van der Waals surface area contributed by atoms with Gasteiger partial charge in [-0.1, -0.05) is 60.7 Å². The van der Waals surface area contributed by atoms with Gasteiger partial charge >= 0.3 is 18.0 Å². The smallest absolute Gasteiger partial charge is 0.408 e. The molecule has 2 aromatic rings. The number of carbonyl (C=O) groups is 4. The van der Waals surface area contributed by atoms with Crippen molar-refractivity contribution in [3.8, 4) is 0 Å². The van der Waals surface area contributed by atoms with Gasteiger partial charge in [-0.3, -0.25) is 9.59 Å². The molecule has 0 aliphatic rings. The number of hydrogen-bond acceptors (Lipinski definition) is 6. The van der Waals surface area contributed by atoms with Gasteiger partial charge in [0.15, 0.2) is 0 Å². The van der Waals surface area contributed by atoms with Crippen LogP contribution in [0.3, 0.4) is 0 Å². The summed E-state index contributed by atoms with van der Waals surface area (Å²) in [5.74, 6) is -2.93. The van der Waals surface area contributed by atoms with Crippen molar-refractivity contribution >= 4 is 23.9 Å². The largest absolute Gasteiger partial charge is 0.480 e. The first-order valence-electron chi connectivity index (χ1n) is 10.8. The highest BCUT2D eigenvalue weighted by atomic mass is 16.6. The number of benzene rings is 2. The highest BCUT2D eigenvalue weighted by molar-refractivity contribution is 5.91. The molecule has 9 nitrogen and oxygen atoms in total. The third-order valence-corrected chi connectivity index (χ3v) is 4.51. The zero-order chi connectivity index (χ0) is 25.1. The lowest BCUT2D eigenvalue weighted by Crippen LogP contribution is -2.53. The van der Waals surface area contributed by atoms with Crippen molar-refractivity contribution in [1.29, 1.82) is 0 Å². The molecule has 0 bridgehead atoms. The van der Waals surface area contributed by atoms with E-state index >= 15 is 0 Å². The molecular weight excluding hydrogens is 440 g/mol. The van der Waals surface area contributed by atoms with Gasteiger partial charge in [-0.05, 0) is 31.9 Å². The molecule has 0 saturated heterocycles. The average Bonchev–Trinajstić information content (AvgIpc) is 2.77. The van der Waals surface area contributed by atoms with Gasteiger partial charge in [0, 0.05) is 6.42 Å². The summed E-state index contributed by atoms with van der Waals surface area (Å²) >= 11 is 0. The van der Waals surface area contributed by atoms with E-state index in [0.29, 0.717) is 0 Å². The Hall–Kier alpha value is -3.88. The third-order valence-electron chi connectivity index (χ3n) is 4.51. The average molecular weight is 471 g/mol. The molecule has 0 unspecified atom stereocenters. The highest BCUT2D eigenvalue weighted by Crippen LogP contribution is 2.10. The van der Waals surface area contributed by atoms with Crippen molar-refractivity contribution in [2.45, 2.75) is 57.9 Å². The van der Waals surface area contributed by atoms with Crippen LogP contribution in [0, 0.1) is 0 Å². The standard InChI is InChI=1S/C25H30N2O7/c1-25(2,3)34-21(28)15-20(23(30)31)26-22(29)19(14-17-10-6-4-7-11-17)27-24(32)33-16-18-12-8-5-9-13-18/h4-13,19-20H,14-16H2,1-3H3,(H,26,29)(H,27,32)(H,30,31)/t19-,20-/m0/s1. The van der Waals surface area contributed by atoms with Crippen LogP contribution in [0.5, 0.6) is 0 Å². The monoisotopic (exact) mass is 470 g/mol. The molecule has 9 heteroatoms. The van der Waals surface area contributed by atoms with Crippen LogP contribution in [0.25, 0.3) is 0 Å². The number of carboxylic acid groups (broad SMARTS) is 1. The van der Waals surface area contributed by atoms with Crippen LogP contribution in [0.2, 0.25) is 0 Å². The summed E-state index contributed by atoms with van der Waals surface area (Å²) in [6, 6.07) is 15.3. The van der Waals surface area contributed by atoms with Crippen LogP contribution >= 0.6 is 0 Å². The Morgan fingerprint density at radius 1 is 0.853 bits per heavy atom. The summed E-state index contributed by atoms with van der Waals surface area (Å²) in [6.07, 6.45) is -1.31. The zero-order valence-electron chi connectivity index (χ0n) is 19.4. The Balaban J connectivity index is 2.08. The number of nitrogens with one attached hydrogen (secondary N) is 2. The van der Waals surface area contributed by atoms with Crippen LogP contribution in [0.4, 0.5) is 4.79 Å². The zero-order valence-corrected chi connectivity index (χ0v) is 19.4. The van der Waals surface area contributed by atoms with Gasteiger partial charge in [0.05, 0.1) is 6.42 Å². The molecule has 0 saturated carbocycles. The van der Waals surface area contributed by atoms with Crippen LogP contribution in [-0.4, -0.2) is 46.7 Å². The van der Waals surface area contributed by atoms with Gasteiger partial charge in [-0.25, -0.2) is 9.59 Å². The Morgan fingerprint density at radius 2 is 1.41 bits per heavy atom. The minimum Gasteiger partial charge on any atom is -0.480 e. The van der Waals surface area contributed by atoms with Gasteiger partial charge in [0.1, 0.15) is 24.3 Å². The van der Waals surface area contributed by atoms with Gasteiger partial charge in [0.2, 0.25) is 5.91 Å². The number of hydrogen-bond donors (Lipinski definition) is 3. The van der Waals surface area contributed by atoms with E-state index in [0.717, 1.165) is 11.1 Å². The molecule has 0 aliphatic heterocycles. The SMILES string of the molecule is CC(C)(C)OC(=O)C[C@H](NC(=O)[C@H](Cc1ccccc1)NC(=O)OCc1ccccc1)C(=O)O. The maximum atomic E-state index is 12.9. The normalized spacial score (nSPS) is 12.7. The minimum absolute atomic E-state index is 0.00272. The Bertz CT molecular complexity index is 972. The van der Waals surface area contributed by atoms with E-state index in [1.165, 1.54) is 0 Å². The summed E-state index contributed by atoms with van der Waals surface area (Å²) in [4.78, 5) is 49.1. The maximum Gasteiger partial charge on any atom is 0.408 e. The van der Waals surface area contributed by atoms with E-state index in [1.807, 2.05) is 6.07 Å². The molecule has 2 atom stereocenters. The summed E-state index contributed by atoms with van der Waals surface area (Å²) < 4.78 is 10.3. The number of aliphatic carboxylic acids is 1. The van der Waals surface area contributed by atoms with E-state index in [4.69, 9.17) is 9.47 Å². The summed E-state index contributed by atoms with van der Waals surface area (Å²) in [6.45, 7) is 4.96. The van der Waals surface area contributed by atoms with Crippen molar-refractivity contribution in [2.75, 3.05) is 0 Å². The number of ether oxygens (including phenoxy) is 2. The van der Waals surface area contributed by atoms with Crippen molar-refractivity contribution in [1.82, 2.24) is 10.6 Å². The molecule has 0 aromatic heterocycles. The van der Waals surface area contributed by atoms with E-state index in [-0.39, 0.29) is 13.0 Å².